The maximum absolute atomic E-state index is 12.4. The Morgan fingerprint density at radius 3 is 1.03 bits per heavy atom. The van der Waals surface area contributed by atoms with Gasteiger partial charge in [-0.1, -0.05) is 0 Å². The largest absolute Gasteiger partial charge is 0.473 e. The van der Waals surface area contributed by atoms with E-state index in [1.807, 2.05) is 0 Å². The molecule has 0 aromatic heterocycles. The van der Waals surface area contributed by atoms with Gasteiger partial charge in [-0.2, -0.15) is 0 Å². The van der Waals surface area contributed by atoms with E-state index >= 15 is 0 Å². The van der Waals surface area contributed by atoms with Crippen molar-refractivity contribution in [1.29, 1.82) is 0 Å². The molecule has 0 aromatic rings. The molecule has 2 aliphatic rings. The zero-order chi connectivity index (χ0) is 24.0. The molecule has 0 amide bonds. The lowest BCUT2D eigenvalue weighted by atomic mass is 9.85. The van der Waals surface area contributed by atoms with Gasteiger partial charge in [0.15, 0.2) is 0 Å². The van der Waals surface area contributed by atoms with Gasteiger partial charge in [0, 0.05) is 0 Å². The van der Waals surface area contributed by atoms with Gasteiger partial charge in [-0.15, -0.1) is 0 Å². The van der Waals surface area contributed by atoms with E-state index < -0.39 is 88.9 Å². The lowest BCUT2D eigenvalue weighted by Crippen LogP contribution is -2.65. The Morgan fingerprint density at radius 1 is 0.419 bits per heavy atom. The van der Waals surface area contributed by atoms with Crippen molar-refractivity contribution in [3.05, 3.63) is 0 Å². The van der Waals surface area contributed by atoms with Crippen molar-refractivity contribution in [1.82, 2.24) is 0 Å². The van der Waals surface area contributed by atoms with E-state index in [9.17, 15) is 60.0 Å². The maximum Gasteiger partial charge on any atom is 0.473 e. The van der Waals surface area contributed by atoms with Crippen LogP contribution in [0.25, 0.3) is 0 Å². The van der Waals surface area contributed by atoms with Gasteiger partial charge in [0.1, 0.15) is 73.2 Å². The average Bonchev–Trinajstić information content (AvgIpc) is 2.66. The van der Waals surface area contributed by atoms with Gasteiger partial charge in [-0.3, -0.25) is 13.6 Å². The first-order chi connectivity index (χ1) is 14.0. The fourth-order valence-corrected chi connectivity index (χ4v) is 4.96. The van der Waals surface area contributed by atoms with Crippen molar-refractivity contribution in [2.45, 2.75) is 73.2 Å². The molecule has 2 saturated carbocycles. The van der Waals surface area contributed by atoms with E-state index in [4.69, 9.17) is 9.79 Å². The first-order valence-corrected chi connectivity index (χ1v) is 11.6. The van der Waals surface area contributed by atoms with Crippen LogP contribution in [-0.2, 0) is 22.7 Å². The van der Waals surface area contributed by atoms with Crippen LogP contribution in [0.4, 0.5) is 0 Å². The minimum absolute atomic E-state index is 2.06. The van der Waals surface area contributed by atoms with Crippen LogP contribution in [0.1, 0.15) is 0 Å². The summed E-state index contributed by atoms with van der Waals surface area (Å²) in [6.07, 6.45) is -27.1. The summed E-state index contributed by atoms with van der Waals surface area (Å²) in [5.74, 6) is 0. The Balaban J connectivity index is 2.27. The van der Waals surface area contributed by atoms with Gasteiger partial charge in [0.05, 0.1) is 0 Å². The number of hydrogen-bond acceptors (Lipinski definition) is 14. The first-order valence-electron chi connectivity index (χ1n) is 8.54. The van der Waals surface area contributed by atoms with Gasteiger partial charge in [-0.25, -0.2) is 9.13 Å². The quantitative estimate of drug-likeness (QED) is 0.150. The summed E-state index contributed by atoms with van der Waals surface area (Å²) < 4.78 is 36.7. The Bertz CT molecular complexity index is 699. The summed E-state index contributed by atoms with van der Waals surface area (Å²) in [5, 5.41) is 87.8. The van der Waals surface area contributed by atoms with E-state index in [1.165, 1.54) is 0 Å². The lowest BCUT2D eigenvalue weighted by Gasteiger charge is -2.44. The third-order valence-corrected chi connectivity index (χ3v) is 6.43. The number of phosphoric acid groups is 2. The summed E-state index contributed by atoms with van der Waals surface area (Å²) in [7, 11) is -11.1. The molecule has 2 rings (SSSR count). The molecule has 17 nitrogen and oxygen atoms in total. The summed E-state index contributed by atoms with van der Waals surface area (Å²) in [6.45, 7) is 0. The third-order valence-electron chi connectivity index (χ3n) is 4.89. The number of rotatable bonds is 6. The molecule has 2 aliphatic carbocycles. The smallest absolute Gasteiger partial charge is 0.387 e. The van der Waals surface area contributed by atoms with Crippen molar-refractivity contribution < 1.29 is 83.3 Å². The van der Waals surface area contributed by atoms with Crippen molar-refractivity contribution in [2.24, 2.45) is 0 Å². The van der Waals surface area contributed by atoms with Gasteiger partial charge in [0.25, 0.3) is 0 Å². The van der Waals surface area contributed by atoms with Crippen molar-refractivity contribution in [3.63, 3.8) is 0 Å². The van der Waals surface area contributed by atoms with Crippen LogP contribution >= 0.6 is 15.6 Å². The highest BCUT2D eigenvalue weighted by molar-refractivity contribution is 7.47. The summed E-state index contributed by atoms with van der Waals surface area (Å²) in [6, 6.07) is 0. The van der Waals surface area contributed by atoms with Crippen LogP contribution in [0.5, 0.6) is 0 Å². The van der Waals surface area contributed by atoms with Crippen LogP contribution < -0.4 is 0 Å². The standard InChI is InChI=1S/C12H24O17P2/c13-1-2(14)6(18)10(7(19)3(1)15)28-31(25,26)29-12-9(21)5(17)4(16)8(20)11(12)27-30(22,23)24/h1-21H,(H,25,26)(H2,22,23,24)/t1?,2-,3+,4?,5?,6-,7-,8?,9?,10?,11?,12?/m0/s1. The van der Waals surface area contributed by atoms with Crippen molar-refractivity contribution in [3.8, 4) is 0 Å². The van der Waals surface area contributed by atoms with Gasteiger partial charge in [-0.05, 0) is 0 Å². The number of phosphoric ester groups is 2. The number of aliphatic hydroxyl groups excluding tert-OH is 9. The molecule has 0 spiro atoms. The Kier molecular flexibility index (Phi) is 8.41. The zero-order valence-electron chi connectivity index (χ0n) is 15.2. The topological polar surface area (TPSA) is 305 Å². The van der Waals surface area contributed by atoms with Crippen LogP contribution in [0, 0.1) is 0 Å². The monoisotopic (exact) mass is 502 g/mol. The molecule has 0 bridgehead atoms. The van der Waals surface area contributed by atoms with Gasteiger partial charge in [0.2, 0.25) is 0 Å². The fourth-order valence-electron chi connectivity index (χ4n) is 3.24. The van der Waals surface area contributed by atoms with Crippen molar-refractivity contribution in [2.75, 3.05) is 0 Å². The Labute approximate surface area is 173 Å². The van der Waals surface area contributed by atoms with Crippen LogP contribution in [0.2, 0.25) is 0 Å². The van der Waals surface area contributed by atoms with Crippen molar-refractivity contribution >= 4 is 15.6 Å². The lowest BCUT2D eigenvalue weighted by molar-refractivity contribution is -0.229. The summed E-state index contributed by atoms with van der Waals surface area (Å²) >= 11 is 0. The predicted molar refractivity (Wildman–Crippen MR) is 90.5 cm³/mol. The average molecular weight is 502 g/mol. The number of hydrogen-bond donors (Lipinski definition) is 12. The van der Waals surface area contributed by atoms with Gasteiger partial charge >= 0.3 is 15.6 Å². The fraction of sp³-hybridized carbons (Fsp3) is 1.00. The second-order valence-corrected chi connectivity index (χ2v) is 9.64. The predicted octanol–water partition coefficient (Wildman–Crippen LogP) is -6.39. The molecule has 19 heteroatoms. The SMILES string of the molecule is O=P(O)(O)OC1C(O)C(O)C(O)C(O)C1OP(=O)(O)OC1[C@@H](O)[C@H](O)C(O)[C@H](O)[C@@H]1O. The zero-order valence-corrected chi connectivity index (χ0v) is 17.0. The highest BCUT2D eigenvalue weighted by Crippen LogP contribution is 2.51. The highest BCUT2D eigenvalue weighted by atomic mass is 31.2. The van der Waals surface area contributed by atoms with Crippen LogP contribution in [0.3, 0.4) is 0 Å². The second-order valence-electron chi connectivity index (χ2n) is 7.08. The molecule has 9 unspecified atom stereocenters. The molecule has 0 aliphatic heterocycles. The highest BCUT2D eigenvalue weighted by Gasteiger charge is 2.56. The third kappa shape index (κ3) is 5.87. The Hall–Kier alpha value is -0.140. The van der Waals surface area contributed by atoms with Crippen LogP contribution in [-0.4, -0.2) is 134 Å². The molecular weight excluding hydrogens is 478 g/mol. The molecule has 0 saturated heterocycles. The molecule has 12 N–H and O–H groups in total. The van der Waals surface area contributed by atoms with Gasteiger partial charge < -0.3 is 60.6 Å². The molecule has 31 heavy (non-hydrogen) atoms. The molecular formula is C12H24O17P2. The van der Waals surface area contributed by atoms with E-state index in [0.717, 1.165) is 0 Å². The van der Waals surface area contributed by atoms with E-state index in [0.29, 0.717) is 0 Å². The summed E-state index contributed by atoms with van der Waals surface area (Å²) in [4.78, 5) is 27.8. The number of aliphatic hydroxyl groups is 9. The second kappa shape index (κ2) is 9.61. The minimum atomic E-state index is -5.61. The molecule has 0 radical (unpaired) electrons. The maximum atomic E-state index is 12.4. The molecule has 184 valence electrons. The molecule has 2 fully saturated rings. The molecule has 13 atom stereocenters. The minimum Gasteiger partial charge on any atom is -0.387 e. The normalized spacial score (nSPS) is 48.9. The molecule has 0 heterocycles. The Morgan fingerprint density at radius 2 is 0.677 bits per heavy atom. The first kappa shape index (κ1) is 27.1. The molecule has 0 aromatic carbocycles. The van der Waals surface area contributed by atoms with E-state index in [-0.39, 0.29) is 0 Å². The van der Waals surface area contributed by atoms with E-state index in [1.54, 1.807) is 0 Å². The van der Waals surface area contributed by atoms with E-state index in [2.05, 4.69) is 13.6 Å². The summed E-state index contributed by atoms with van der Waals surface area (Å²) in [5.41, 5.74) is 0. The van der Waals surface area contributed by atoms with Crippen LogP contribution in [0.15, 0.2) is 0 Å².